The second kappa shape index (κ2) is 4.71. The van der Waals surface area contributed by atoms with Crippen molar-refractivity contribution in [2.45, 2.75) is 32.4 Å². The number of nitrogens with one attached hydrogen (secondary N) is 1. The van der Waals surface area contributed by atoms with E-state index in [9.17, 15) is 0 Å². The monoisotopic (exact) mass is 262 g/mol. The first kappa shape index (κ1) is 11.7. The van der Waals surface area contributed by atoms with Gasteiger partial charge in [-0.15, -0.1) is 5.10 Å². The van der Waals surface area contributed by atoms with E-state index in [4.69, 9.17) is 11.6 Å². The Balaban J connectivity index is 1.88. The highest BCUT2D eigenvalue weighted by Gasteiger charge is 2.21. The van der Waals surface area contributed by atoms with E-state index in [2.05, 4.69) is 15.6 Å². The average molecular weight is 263 g/mol. The van der Waals surface area contributed by atoms with Crippen LogP contribution in [0.5, 0.6) is 0 Å². The Morgan fingerprint density at radius 2 is 2.28 bits per heavy atom. The van der Waals surface area contributed by atoms with Crippen molar-refractivity contribution in [2.24, 2.45) is 0 Å². The minimum atomic E-state index is 0.680. The van der Waals surface area contributed by atoms with Crippen LogP contribution < -0.4 is 5.32 Å². The molecule has 1 fully saturated rings. The van der Waals surface area contributed by atoms with Crippen molar-refractivity contribution < 1.29 is 0 Å². The SMILES string of the molecule is Cc1cc(Cl)ccc1-n1nncc1CNC1CC1. The molecule has 1 aliphatic rings. The van der Waals surface area contributed by atoms with Gasteiger partial charge in [0.25, 0.3) is 0 Å². The third kappa shape index (κ3) is 2.40. The van der Waals surface area contributed by atoms with Crippen LogP contribution in [-0.4, -0.2) is 21.0 Å². The molecule has 1 aromatic carbocycles. The number of aryl methyl sites for hydroxylation is 1. The first-order valence-corrected chi connectivity index (χ1v) is 6.51. The van der Waals surface area contributed by atoms with Crippen LogP contribution in [-0.2, 0) is 6.54 Å². The van der Waals surface area contributed by atoms with Crippen LogP contribution in [0.15, 0.2) is 24.4 Å². The second-order valence-corrected chi connectivity index (χ2v) is 5.16. The van der Waals surface area contributed by atoms with Gasteiger partial charge in [-0.25, -0.2) is 4.68 Å². The van der Waals surface area contributed by atoms with Gasteiger partial charge >= 0.3 is 0 Å². The van der Waals surface area contributed by atoms with Crippen molar-refractivity contribution in [1.82, 2.24) is 20.3 Å². The first-order chi connectivity index (χ1) is 8.74. The third-order valence-corrected chi connectivity index (χ3v) is 3.39. The summed E-state index contributed by atoms with van der Waals surface area (Å²) < 4.78 is 1.88. The van der Waals surface area contributed by atoms with Crippen molar-refractivity contribution >= 4 is 11.6 Å². The smallest absolute Gasteiger partial charge is 0.0783 e. The maximum absolute atomic E-state index is 5.97. The predicted molar refractivity (Wildman–Crippen MR) is 71.0 cm³/mol. The van der Waals surface area contributed by atoms with Gasteiger partial charge in [0, 0.05) is 17.6 Å². The lowest BCUT2D eigenvalue weighted by Crippen LogP contribution is -2.18. The molecule has 5 heteroatoms. The maximum Gasteiger partial charge on any atom is 0.0783 e. The zero-order chi connectivity index (χ0) is 12.5. The van der Waals surface area contributed by atoms with Gasteiger partial charge in [-0.1, -0.05) is 16.8 Å². The summed E-state index contributed by atoms with van der Waals surface area (Å²) in [7, 11) is 0. The molecule has 1 aromatic heterocycles. The molecule has 0 unspecified atom stereocenters. The topological polar surface area (TPSA) is 42.7 Å². The number of nitrogens with zero attached hydrogens (tertiary/aromatic N) is 3. The van der Waals surface area contributed by atoms with Gasteiger partial charge in [-0.3, -0.25) is 0 Å². The summed E-state index contributed by atoms with van der Waals surface area (Å²) in [4.78, 5) is 0. The summed E-state index contributed by atoms with van der Waals surface area (Å²) in [6, 6.07) is 6.48. The van der Waals surface area contributed by atoms with Crippen molar-refractivity contribution in [3.63, 3.8) is 0 Å². The van der Waals surface area contributed by atoms with Crippen molar-refractivity contribution in [2.75, 3.05) is 0 Å². The Morgan fingerprint density at radius 3 is 3.00 bits per heavy atom. The standard InChI is InChI=1S/C13H15ClN4/c1-9-6-10(14)2-5-13(9)18-12(8-16-17-18)7-15-11-3-4-11/h2,5-6,8,11,15H,3-4,7H2,1H3. The van der Waals surface area contributed by atoms with Gasteiger partial charge < -0.3 is 5.32 Å². The van der Waals surface area contributed by atoms with E-state index in [0.717, 1.165) is 28.5 Å². The maximum atomic E-state index is 5.97. The number of rotatable bonds is 4. The molecule has 1 N–H and O–H groups in total. The molecule has 0 atom stereocenters. The van der Waals surface area contributed by atoms with Gasteiger partial charge in [-0.05, 0) is 43.5 Å². The summed E-state index contributed by atoms with van der Waals surface area (Å²) >= 11 is 5.97. The summed E-state index contributed by atoms with van der Waals surface area (Å²) in [6.07, 6.45) is 4.37. The number of benzene rings is 1. The van der Waals surface area contributed by atoms with Gasteiger partial charge in [0.15, 0.2) is 0 Å². The summed E-state index contributed by atoms with van der Waals surface area (Å²) in [6.45, 7) is 2.83. The van der Waals surface area contributed by atoms with Crippen molar-refractivity contribution in [1.29, 1.82) is 0 Å². The zero-order valence-electron chi connectivity index (χ0n) is 10.2. The molecule has 1 heterocycles. The average Bonchev–Trinajstić information content (AvgIpc) is 3.06. The van der Waals surface area contributed by atoms with Gasteiger partial charge in [0.05, 0.1) is 17.6 Å². The molecule has 2 aromatic rings. The summed E-state index contributed by atoms with van der Waals surface area (Å²) in [5.41, 5.74) is 3.21. The van der Waals surface area contributed by atoms with Gasteiger partial charge in [0.2, 0.25) is 0 Å². The molecule has 1 aliphatic carbocycles. The molecule has 0 bridgehead atoms. The van der Waals surface area contributed by atoms with E-state index in [1.165, 1.54) is 12.8 Å². The predicted octanol–water partition coefficient (Wildman–Crippen LogP) is 2.48. The van der Waals surface area contributed by atoms with Crippen LogP contribution in [0, 0.1) is 6.92 Å². The van der Waals surface area contributed by atoms with E-state index in [1.807, 2.05) is 36.0 Å². The summed E-state index contributed by atoms with van der Waals surface area (Å²) in [5, 5.41) is 12.4. The first-order valence-electron chi connectivity index (χ1n) is 6.13. The van der Waals surface area contributed by atoms with Crippen LogP contribution in [0.4, 0.5) is 0 Å². The van der Waals surface area contributed by atoms with Crippen molar-refractivity contribution in [3.05, 3.63) is 40.7 Å². The van der Waals surface area contributed by atoms with E-state index in [0.29, 0.717) is 6.04 Å². The molecule has 3 rings (SSSR count). The highest BCUT2D eigenvalue weighted by Crippen LogP contribution is 2.21. The molecule has 18 heavy (non-hydrogen) atoms. The molecule has 0 spiro atoms. The highest BCUT2D eigenvalue weighted by atomic mass is 35.5. The molecular weight excluding hydrogens is 248 g/mol. The van der Waals surface area contributed by atoms with E-state index >= 15 is 0 Å². The Morgan fingerprint density at radius 1 is 1.44 bits per heavy atom. The number of hydrogen-bond acceptors (Lipinski definition) is 3. The second-order valence-electron chi connectivity index (χ2n) is 4.72. The largest absolute Gasteiger partial charge is 0.308 e. The number of hydrogen-bond donors (Lipinski definition) is 1. The normalized spacial score (nSPS) is 15.0. The number of halogens is 1. The van der Waals surface area contributed by atoms with Crippen LogP contribution in [0.2, 0.25) is 5.02 Å². The number of aromatic nitrogens is 3. The van der Waals surface area contributed by atoms with Gasteiger partial charge in [-0.2, -0.15) is 0 Å². The van der Waals surface area contributed by atoms with E-state index in [1.54, 1.807) is 0 Å². The highest BCUT2D eigenvalue weighted by molar-refractivity contribution is 6.30. The van der Waals surface area contributed by atoms with Crippen molar-refractivity contribution in [3.8, 4) is 5.69 Å². The molecular formula is C13H15ClN4. The van der Waals surface area contributed by atoms with Crippen LogP contribution in [0.3, 0.4) is 0 Å². The van der Waals surface area contributed by atoms with E-state index in [-0.39, 0.29) is 0 Å². The Bertz CT molecular complexity index is 560. The van der Waals surface area contributed by atoms with Gasteiger partial charge in [0.1, 0.15) is 0 Å². The fourth-order valence-electron chi connectivity index (χ4n) is 1.97. The Kier molecular flexibility index (Phi) is 3.06. The third-order valence-electron chi connectivity index (χ3n) is 3.16. The lowest BCUT2D eigenvalue weighted by atomic mass is 10.2. The minimum absolute atomic E-state index is 0.680. The molecule has 0 amide bonds. The Hall–Kier alpha value is -1.39. The minimum Gasteiger partial charge on any atom is -0.308 e. The fraction of sp³-hybridized carbons (Fsp3) is 0.385. The molecule has 0 radical (unpaired) electrons. The lowest BCUT2D eigenvalue weighted by Gasteiger charge is -2.09. The summed E-state index contributed by atoms with van der Waals surface area (Å²) in [5.74, 6) is 0. The fourth-order valence-corrected chi connectivity index (χ4v) is 2.20. The van der Waals surface area contributed by atoms with Crippen LogP contribution in [0.1, 0.15) is 24.1 Å². The molecule has 1 saturated carbocycles. The Labute approximate surface area is 111 Å². The molecule has 94 valence electrons. The van der Waals surface area contributed by atoms with Crippen LogP contribution >= 0.6 is 11.6 Å². The lowest BCUT2D eigenvalue weighted by molar-refractivity contribution is 0.646. The molecule has 0 aliphatic heterocycles. The van der Waals surface area contributed by atoms with E-state index < -0.39 is 0 Å². The van der Waals surface area contributed by atoms with Crippen LogP contribution in [0.25, 0.3) is 5.69 Å². The molecule has 0 saturated heterocycles. The zero-order valence-corrected chi connectivity index (χ0v) is 11.0. The quantitative estimate of drug-likeness (QED) is 0.921. The molecule has 4 nitrogen and oxygen atoms in total.